The Morgan fingerprint density at radius 3 is 3.09 bits per heavy atom. The Labute approximate surface area is 140 Å². The zero-order valence-electron chi connectivity index (χ0n) is 14.5. The molecule has 0 radical (unpaired) electrons. The van der Waals surface area contributed by atoms with Crippen LogP contribution in [-0.2, 0) is 6.42 Å². The van der Waals surface area contributed by atoms with Crippen LogP contribution in [0.2, 0.25) is 0 Å². The van der Waals surface area contributed by atoms with Crippen molar-refractivity contribution in [2.45, 2.75) is 64.5 Å². The minimum Gasteiger partial charge on any atom is -0.487 e. The van der Waals surface area contributed by atoms with Crippen molar-refractivity contribution in [3.8, 4) is 5.75 Å². The summed E-state index contributed by atoms with van der Waals surface area (Å²) in [5.74, 6) is 0.984. The Hall–Kier alpha value is -1.48. The number of hydrogen-bond donors (Lipinski definition) is 2. The van der Waals surface area contributed by atoms with Gasteiger partial charge in [-0.15, -0.1) is 0 Å². The van der Waals surface area contributed by atoms with Crippen molar-refractivity contribution in [2.24, 2.45) is 0 Å². The SMILES string of the molecule is CC(Cc1ccc2c(c1)NCC(C)O2)NCCC1=CCCCC1. The predicted octanol–water partition coefficient (Wildman–Crippen LogP) is 4.29. The van der Waals surface area contributed by atoms with E-state index < -0.39 is 0 Å². The monoisotopic (exact) mass is 314 g/mol. The Morgan fingerprint density at radius 1 is 1.35 bits per heavy atom. The molecule has 1 aliphatic heterocycles. The second kappa shape index (κ2) is 7.87. The quantitative estimate of drug-likeness (QED) is 0.769. The Morgan fingerprint density at radius 2 is 2.26 bits per heavy atom. The topological polar surface area (TPSA) is 33.3 Å². The van der Waals surface area contributed by atoms with E-state index in [1.807, 2.05) is 0 Å². The number of rotatable bonds is 6. The van der Waals surface area contributed by atoms with Gasteiger partial charge < -0.3 is 15.4 Å². The average Bonchev–Trinajstić information content (AvgIpc) is 2.56. The molecule has 126 valence electrons. The van der Waals surface area contributed by atoms with Crippen LogP contribution in [-0.4, -0.2) is 25.2 Å². The number of benzene rings is 1. The molecule has 2 atom stereocenters. The molecule has 1 heterocycles. The highest BCUT2D eigenvalue weighted by atomic mass is 16.5. The van der Waals surface area contributed by atoms with Gasteiger partial charge in [-0.25, -0.2) is 0 Å². The lowest BCUT2D eigenvalue weighted by Crippen LogP contribution is -2.30. The van der Waals surface area contributed by atoms with E-state index in [2.05, 4.69) is 48.8 Å². The van der Waals surface area contributed by atoms with Gasteiger partial charge in [0.05, 0.1) is 12.2 Å². The first-order valence-corrected chi connectivity index (χ1v) is 9.15. The van der Waals surface area contributed by atoms with Gasteiger partial charge in [0.25, 0.3) is 0 Å². The van der Waals surface area contributed by atoms with Crippen molar-refractivity contribution in [1.82, 2.24) is 5.32 Å². The molecule has 0 amide bonds. The van der Waals surface area contributed by atoms with E-state index in [4.69, 9.17) is 4.74 Å². The van der Waals surface area contributed by atoms with Crippen LogP contribution >= 0.6 is 0 Å². The fourth-order valence-electron chi connectivity index (χ4n) is 3.49. The van der Waals surface area contributed by atoms with E-state index in [1.54, 1.807) is 5.57 Å². The molecule has 0 saturated carbocycles. The summed E-state index contributed by atoms with van der Waals surface area (Å²) in [5, 5.41) is 7.13. The molecule has 2 unspecified atom stereocenters. The van der Waals surface area contributed by atoms with Crippen molar-refractivity contribution in [3.05, 3.63) is 35.4 Å². The van der Waals surface area contributed by atoms with Crippen LogP contribution in [0.1, 0.15) is 51.5 Å². The minimum absolute atomic E-state index is 0.253. The number of allylic oxidation sites excluding steroid dienone is 1. The molecule has 3 nitrogen and oxygen atoms in total. The number of nitrogens with one attached hydrogen (secondary N) is 2. The molecule has 0 fully saturated rings. The minimum atomic E-state index is 0.253. The summed E-state index contributed by atoms with van der Waals surface area (Å²) >= 11 is 0. The molecule has 3 heteroatoms. The van der Waals surface area contributed by atoms with Crippen LogP contribution < -0.4 is 15.4 Å². The van der Waals surface area contributed by atoms with Gasteiger partial charge in [-0.2, -0.15) is 0 Å². The maximum Gasteiger partial charge on any atom is 0.142 e. The van der Waals surface area contributed by atoms with E-state index in [0.717, 1.165) is 30.9 Å². The van der Waals surface area contributed by atoms with E-state index >= 15 is 0 Å². The molecular formula is C20H30N2O. The van der Waals surface area contributed by atoms with E-state index in [9.17, 15) is 0 Å². The van der Waals surface area contributed by atoms with Gasteiger partial charge in [-0.1, -0.05) is 17.7 Å². The summed E-state index contributed by atoms with van der Waals surface area (Å²) in [6.07, 6.45) is 10.3. The first-order chi connectivity index (χ1) is 11.2. The van der Waals surface area contributed by atoms with Crippen LogP contribution in [0.15, 0.2) is 29.8 Å². The van der Waals surface area contributed by atoms with Gasteiger partial charge in [0.1, 0.15) is 11.9 Å². The molecule has 0 aromatic heterocycles. The number of anilines is 1. The molecular weight excluding hydrogens is 284 g/mol. The third-order valence-corrected chi connectivity index (χ3v) is 4.82. The summed E-state index contributed by atoms with van der Waals surface area (Å²) in [6.45, 7) is 6.36. The van der Waals surface area contributed by atoms with Crippen molar-refractivity contribution in [2.75, 3.05) is 18.4 Å². The van der Waals surface area contributed by atoms with E-state index in [0.29, 0.717) is 6.04 Å². The van der Waals surface area contributed by atoms with E-state index in [1.165, 1.54) is 37.7 Å². The Bertz CT molecular complexity index is 553. The molecule has 2 aliphatic rings. The molecule has 1 aliphatic carbocycles. The van der Waals surface area contributed by atoms with Crippen molar-refractivity contribution >= 4 is 5.69 Å². The lowest BCUT2D eigenvalue weighted by atomic mass is 9.97. The second-order valence-corrected chi connectivity index (χ2v) is 7.06. The highest BCUT2D eigenvalue weighted by Gasteiger charge is 2.16. The maximum absolute atomic E-state index is 5.84. The molecule has 1 aromatic carbocycles. The summed E-state index contributed by atoms with van der Waals surface area (Å²) in [6, 6.07) is 7.04. The number of hydrogen-bond acceptors (Lipinski definition) is 3. The summed E-state index contributed by atoms with van der Waals surface area (Å²) in [7, 11) is 0. The maximum atomic E-state index is 5.84. The van der Waals surface area contributed by atoms with Gasteiger partial charge in [-0.3, -0.25) is 0 Å². The molecule has 23 heavy (non-hydrogen) atoms. The first kappa shape index (κ1) is 16.4. The third-order valence-electron chi connectivity index (χ3n) is 4.82. The van der Waals surface area contributed by atoms with Crippen molar-refractivity contribution < 1.29 is 4.74 Å². The lowest BCUT2D eigenvalue weighted by molar-refractivity contribution is 0.226. The molecule has 1 aromatic rings. The van der Waals surface area contributed by atoms with Crippen LogP contribution in [0.3, 0.4) is 0 Å². The lowest BCUT2D eigenvalue weighted by Gasteiger charge is -2.25. The molecule has 0 saturated heterocycles. The second-order valence-electron chi connectivity index (χ2n) is 7.06. The van der Waals surface area contributed by atoms with Crippen LogP contribution in [0.5, 0.6) is 5.75 Å². The predicted molar refractivity (Wildman–Crippen MR) is 97.4 cm³/mol. The Balaban J connectivity index is 1.46. The summed E-state index contributed by atoms with van der Waals surface area (Å²) in [5.41, 5.74) is 4.16. The zero-order chi connectivity index (χ0) is 16.1. The average molecular weight is 314 g/mol. The third kappa shape index (κ3) is 4.74. The van der Waals surface area contributed by atoms with Crippen LogP contribution in [0.4, 0.5) is 5.69 Å². The van der Waals surface area contributed by atoms with Gasteiger partial charge >= 0.3 is 0 Å². The van der Waals surface area contributed by atoms with Crippen molar-refractivity contribution in [1.29, 1.82) is 0 Å². The van der Waals surface area contributed by atoms with Gasteiger partial charge in [0, 0.05) is 6.04 Å². The number of fused-ring (bicyclic) bond motifs is 1. The smallest absolute Gasteiger partial charge is 0.142 e. The largest absolute Gasteiger partial charge is 0.487 e. The van der Waals surface area contributed by atoms with Crippen LogP contribution in [0, 0.1) is 0 Å². The molecule has 0 spiro atoms. The zero-order valence-corrected chi connectivity index (χ0v) is 14.5. The van der Waals surface area contributed by atoms with E-state index in [-0.39, 0.29) is 6.10 Å². The number of ether oxygens (including phenoxy) is 1. The fourth-order valence-corrected chi connectivity index (χ4v) is 3.49. The highest BCUT2D eigenvalue weighted by Crippen LogP contribution is 2.30. The first-order valence-electron chi connectivity index (χ1n) is 9.15. The van der Waals surface area contributed by atoms with Crippen molar-refractivity contribution in [3.63, 3.8) is 0 Å². The van der Waals surface area contributed by atoms with Gasteiger partial charge in [0.15, 0.2) is 0 Å². The normalized spacial score (nSPS) is 21.7. The standard InChI is InChI=1S/C20H30N2O/c1-15(21-11-10-17-6-4-3-5-7-17)12-18-8-9-20-19(13-18)22-14-16(2)23-20/h6,8-9,13,15-16,21-22H,3-5,7,10-12,14H2,1-2H3. The molecule has 0 bridgehead atoms. The van der Waals surface area contributed by atoms with Gasteiger partial charge in [0.2, 0.25) is 0 Å². The summed E-state index contributed by atoms with van der Waals surface area (Å²) in [4.78, 5) is 0. The Kier molecular flexibility index (Phi) is 5.60. The summed E-state index contributed by atoms with van der Waals surface area (Å²) < 4.78 is 5.84. The molecule has 2 N–H and O–H groups in total. The van der Waals surface area contributed by atoms with Gasteiger partial charge in [-0.05, 0) is 76.6 Å². The van der Waals surface area contributed by atoms with Crippen LogP contribution in [0.25, 0.3) is 0 Å². The highest BCUT2D eigenvalue weighted by molar-refractivity contribution is 5.59. The molecule has 3 rings (SSSR count). The fraction of sp³-hybridized carbons (Fsp3) is 0.600.